The van der Waals surface area contributed by atoms with Gasteiger partial charge in [0.25, 0.3) is 0 Å². The number of halogens is 3. The maximum Gasteiger partial charge on any atom is 0.147 e. The molecule has 6 heteroatoms. The van der Waals surface area contributed by atoms with Crippen molar-refractivity contribution in [3.8, 4) is 0 Å². The predicted octanol–water partition coefficient (Wildman–Crippen LogP) is 4.37. The van der Waals surface area contributed by atoms with E-state index in [1.165, 1.54) is 0 Å². The van der Waals surface area contributed by atoms with Crippen LogP contribution in [0.25, 0.3) is 0 Å². The summed E-state index contributed by atoms with van der Waals surface area (Å²) in [6, 6.07) is 9.34. The molecule has 0 bridgehead atoms. The van der Waals surface area contributed by atoms with Crippen LogP contribution in [0.3, 0.4) is 0 Å². The zero-order valence-electron chi connectivity index (χ0n) is 11.3. The van der Waals surface area contributed by atoms with E-state index >= 15 is 0 Å². The van der Waals surface area contributed by atoms with E-state index in [0.717, 1.165) is 37.7 Å². The van der Waals surface area contributed by atoms with Crippen LogP contribution in [0, 0.1) is 0 Å². The van der Waals surface area contributed by atoms with Crippen LogP contribution in [0.1, 0.15) is 0 Å². The van der Waals surface area contributed by atoms with Crippen molar-refractivity contribution in [3.63, 3.8) is 0 Å². The van der Waals surface area contributed by atoms with Gasteiger partial charge >= 0.3 is 0 Å². The summed E-state index contributed by atoms with van der Waals surface area (Å²) in [4.78, 5) is 8.83. The maximum atomic E-state index is 6.20. The minimum Gasteiger partial charge on any atom is -0.368 e. The zero-order chi connectivity index (χ0) is 14.8. The molecular weight excluding hydrogens is 329 g/mol. The minimum atomic E-state index is 0.660. The molecule has 3 nitrogen and oxygen atoms in total. The van der Waals surface area contributed by atoms with Crippen molar-refractivity contribution < 1.29 is 0 Å². The van der Waals surface area contributed by atoms with Crippen molar-refractivity contribution in [3.05, 3.63) is 51.6 Å². The van der Waals surface area contributed by atoms with E-state index in [1.54, 1.807) is 12.3 Å². The Morgan fingerprint density at radius 3 is 2.10 bits per heavy atom. The van der Waals surface area contributed by atoms with Crippen molar-refractivity contribution in [2.24, 2.45) is 0 Å². The van der Waals surface area contributed by atoms with Crippen LogP contribution in [0.15, 0.2) is 36.5 Å². The van der Waals surface area contributed by atoms with Crippen molar-refractivity contribution >= 4 is 46.3 Å². The van der Waals surface area contributed by atoms with E-state index in [1.807, 2.05) is 24.3 Å². The lowest BCUT2D eigenvalue weighted by Gasteiger charge is -2.37. The standard InChI is InChI=1S/C15H14Cl3N3/c16-11-8-12(17)10-13(9-11)20-4-6-21(7-5-20)15-14(18)2-1-3-19-15/h1-3,8-10H,4-7H2. The van der Waals surface area contributed by atoms with Crippen molar-refractivity contribution in [1.82, 2.24) is 4.98 Å². The quantitative estimate of drug-likeness (QED) is 0.808. The lowest BCUT2D eigenvalue weighted by Crippen LogP contribution is -2.47. The van der Waals surface area contributed by atoms with Gasteiger partial charge in [0, 0.05) is 48.1 Å². The Labute approximate surface area is 139 Å². The summed E-state index contributed by atoms with van der Waals surface area (Å²) in [7, 11) is 0. The lowest BCUT2D eigenvalue weighted by molar-refractivity contribution is 0.647. The summed E-state index contributed by atoms with van der Waals surface area (Å²) in [5, 5.41) is 2.01. The molecule has 0 spiro atoms. The molecule has 1 aliphatic heterocycles. The number of aromatic nitrogens is 1. The van der Waals surface area contributed by atoms with E-state index in [4.69, 9.17) is 34.8 Å². The average molecular weight is 343 g/mol. The van der Waals surface area contributed by atoms with E-state index in [9.17, 15) is 0 Å². The van der Waals surface area contributed by atoms with E-state index in [2.05, 4.69) is 14.8 Å². The van der Waals surface area contributed by atoms with Gasteiger partial charge in [-0.2, -0.15) is 0 Å². The molecule has 0 aliphatic carbocycles. The minimum absolute atomic E-state index is 0.660. The Hall–Kier alpha value is -1.16. The third-order valence-corrected chi connectivity index (χ3v) is 4.26. The third kappa shape index (κ3) is 3.37. The molecule has 0 N–H and O–H groups in total. The number of piperazine rings is 1. The van der Waals surface area contributed by atoms with Crippen LogP contribution in [0.2, 0.25) is 15.1 Å². The highest BCUT2D eigenvalue weighted by Gasteiger charge is 2.20. The van der Waals surface area contributed by atoms with Gasteiger partial charge in [-0.15, -0.1) is 0 Å². The van der Waals surface area contributed by atoms with Gasteiger partial charge in [-0.05, 0) is 30.3 Å². The molecule has 110 valence electrons. The summed E-state index contributed by atoms with van der Waals surface area (Å²) < 4.78 is 0. The molecule has 21 heavy (non-hydrogen) atoms. The first kappa shape index (κ1) is 14.8. The molecule has 0 radical (unpaired) electrons. The molecular formula is C15H14Cl3N3. The summed E-state index contributed by atoms with van der Waals surface area (Å²) in [6.07, 6.45) is 1.77. The fourth-order valence-corrected chi connectivity index (χ4v) is 3.26. The van der Waals surface area contributed by atoms with Gasteiger partial charge in [0.2, 0.25) is 0 Å². The van der Waals surface area contributed by atoms with Crippen molar-refractivity contribution in [2.45, 2.75) is 0 Å². The van der Waals surface area contributed by atoms with Crippen LogP contribution < -0.4 is 9.80 Å². The molecule has 0 unspecified atom stereocenters. The van der Waals surface area contributed by atoms with Crippen LogP contribution in [-0.4, -0.2) is 31.2 Å². The van der Waals surface area contributed by atoms with Crippen molar-refractivity contribution in [2.75, 3.05) is 36.0 Å². The number of hydrogen-bond acceptors (Lipinski definition) is 3. The third-order valence-electron chi connectivity index (χ3n) is 3.53. The van der Waals surface area contributed by atoms with Gasteiger partial charge in [-0.1, -0.05) is 34.8 Å². The maximum absolute atomic E-state index is 6.20. The Bertz CT molecular complexity index is 620. The first-order valence-corrected chi connectivity index (χ1v) is 7.83. The molecule has 3 rings (SSSR count). The van der Waals surface area contributed by atoms with Gasteiger partial charge < -0.3 is 9.80 Å². The highest BCUT2D eigenvalue weighted by Crippen LogP contribution is 2.28. The summed E-state index contributed by atoms with van der Waals surface area (Å²) in [5.74, 6) is 0.850. The van der Waals surface area contributed by atoms with Crippen LogP contribution in [0.5, 0.6) is 0 Å². The molecule has 1 aromatic carbocycles. The normalized spacial score (nSPS) is 15.4. The van der Waals surface area contributed by atoms with Gasteiger partial charge in [0.05, 0.1) is 5.02 Å². The molecule has 1 aromatic heterocycles. The molecule has 0 saturated carbocycles. The highest BCUT2D eigenvalue weighted by molar-refractivity contribution is 6.35. The molecule has 2 heterocycles. The topological polar surface area (TPSA) is 19.4 Å². The fourth-order valence-electron chi connectivity index (χ4n) is 2.51. The molecule has 1 fully saturated rings. The Balaban J connectivity index is 1.72. The number of anilines is 2. The van der Waals surface area contributed by atoms with Crippen LogP contribution >= 0.6 is 34.8 Å². The largest absolute Gasteiger partial charge is 0.368 e. The molecule has 2 aromatic rings. The Kier molecular flexibility index (Phi) is 4.43. The monoisotopic (exact) mass is 341 g/mol. The van der Waals surface area contributed by atoms with Crippen molar-refractivity contribution in [1.29, 1.82) is 0 Å². The van der Waals surface area contributed by atoms with E-state index < -0.39 is 0 Å². The average Bonchev–Trinajstić information content (AvgIpc) is 2.47. The van der Waals surface area contributed by atoms with Crippen LogP contribution in [-0.2, 0) is 0 Å². The highest BCUT2D eigenvalue weighted by atomic mass is 35.5. The van der Waals surface area contributed by atoms with Gasteiger partial charge in [0.1, 0.15) is 5.82 Å². The molecule has 1 saturated heterocycles. The summed E-state index contributed by atoms with van der Waals surface area (Å²) in [6.45, 7) is 3.48. The van der Waals surface area contributed by atoms with Gasteiger partial charge in [-0.3, -0.25) is 0 Å². The van der Waals surface area contributed by atoms with Gasteiger partial charge in [0.15, 0.2) is 0 Å². The van der Waals surface area contributed by atoms with Gasteiger partial charge in [-0.25, -0.2) is 4.98 Å². The second kappa shape index (κ2) is 6.30. The van der Waals surface area contributed by atoms with Crippen LogP contribution in [0.4, 0.5) is 11.5 Å². The molecule has 1 aliphatic rings. The number of rotatable bonds is 2. The summed E-state index contributed by atoms with van der Waals surface area (Å²) >= 11 is 18.3. The molecule has 0 amide bonds. The first-order chi connectivity index (χ1) is 10.1. The number of hydrogen-bond donors (Lipinski definition) is 0. The fraction of sp³-hybridized carbons (Fsp3) is 0.267. The number of pyridine rings is 1. The molecule has 0 atom stereocenters. The first-order valence-electron chi connectivity index (χ1n) is 6.70. The second-order valence-electron chi connectivity index (χ2n) is 4.91. The van der Waals surface area contributed by atoms with E-state index in [0.29, 0.717) is 15.1 Å². The second-order valence-corrected chi connectivity index (χ2v) is 6.19. The Morgan fingerprint density at radius 1 is 0.857 bits per heavy atom. The predicted molar refractivity (Wildman–Crippen MR) is 90.1 cm³/mol. The van der Waals surface area contributed by atoms with E-state index in [-0.39, 0.29) is 0 Å². The number of benzene rings is 1. The SMILES string of the molecule is Clc1cc(Cl)cc(N2CCN(c3ncccc3Cl)CC2)c1. The smallest absolute Gasteiger partial charge is 0.147 e. The summed E-state index contributed by atoms with van der Waals surface area (Å²) in [5.41, 5.74) is 1.05. The Morgan fingerprint density at radius 2 is 1.48 bits per heavy atom. The zero-order valence-corrected chi connectivity index (χ0v) is 13.5. The number of nitrogens with zero attached hydrogens (tertiary/aromatic N) is 3. The lowest BCUT2D eigenvalue weighted by atomic mass is 10.2.